The van der Waals surface area contributed by atoms with Crippen LogP contribution in [0, 0.1) is 0 Å². The Labute approximate surface area is 90.3 Å². The highest BCUT2D eigenvalue weighted by Crippen LogP contribution is 2.20. The zero-order valence-electron chi connectivity index (χ0n) is 9.04. The number of carbonyl (C=O) groups is 1. The molecule has 1 saturated heterocycles. The number of morpholine rings is 1. The monoisotopic (exact) mass is 213 g/mol. The van der Waals surface area contributed by atoms with Crippen LogP contribution in [0.4, 0.5) is 0 Å². The topological polar surface area (TPSA) is 47.6 Å². The lowest BCUT2D eigenvalue weighted by Gasteiger charge is -2.27. The summed E-state index contributed by atoms with van der Waals surface area (Å²) in [5.41, 5.74) is 0. The minimum Gasteiger partial charge on any atom is -0.461 e. The maximum Gasteiger partial charge on any atom is 0.325 e. The van der Waals surface area contributed by atoms with E-state index in [1.807, 2.05) is 0 Å². The van der Waals surface area contributed by atoms with Crippen LogP contribution in [0.15, 0.2) is 0 Å². The van der Waals surface area contributed by atoms with Gasteiger partial charge in [-0.2, -0.15) is 0 Å². The quantitative estimate of drug-likeness (QED) is 0.691. The zero-order chi connectivity index (χ0) is 10.5. The van der Waals surface area contributed by atoms with Gasteiger partial charge in [0.25, 0.3) is 0 Å². The van der Waals surface area contributed by atoms with Crippen LogP contribution in [0.5, 0.6) is 0 Å². The van der Waals surface area contributed by atoms with Gasteiger partial charge in [0.2, 0.25) is 0 Å². The summed E-state index contributed by atoms with van der Waals surface area (Å²) in [6.07, 6.45) is 5.85. The van der Waals surface area contributed by atoms with Crippen molar-refractivity contribution < 1.29 is 14.3 Å². The summed E-state index contributed by atoms with van der Waals surface area (Å²) in [4.78, 5) is 11.7. The van der Waals surface area contributed by atoms with E-state index in [0.717, 1.165) is 19.4 Å². The molecule has 0 aromatic carbocycles. The molecule has 2 aliphatic rings. The third kappa shape index (κ3) is 3.18. The van der Waals surface area contributed by atoms with Crippen LogP contribution in [0.1, 0.15) is 32.1 Å². The van der Waals surface area contributed by atoms with Crippen LogP contribution < -0.4 is 5.32 Å². The van der Waals surface area contributed by atoms with Crippen molar-refractivity contribution in [3.05, 3.63) is 0 Å². The van der Waals surface area contributed by atoms with E-state index in [0.29, 0.717) is 13.2 Å². The smallest absolute Gasteiger partial charge is 0.325 e. The number of carbonyl (C=O) groups excluding carboxylic acids is 1. The largest absolute Gasteiger partial charge is 0.461 e. The van der Waals surface area contributed by atoms with Gasteiger partial charge in [0.1, 0.15) is 12.1 Å². The van der Waals surface area contributed by atoms with Crippen molar-refractivity contribution in [3.63, 3.8) is 0 Å². The van der Waals surface area contributed by atoms with Crippen LogP contribution in [0.25, 0.3) is 0 Å². The van der Waals surface area contributed by atoms with Crippen molar-refractivity contribution in [1.82, 2.24) is 5.32 Å². The summed E-state index contributed by atoms with van der Waals surface area (Å²) >= 11 is 0. The number of rotatable bonds is 2. The Balaban J connectivity index is 1.74. The predicted molar refractivity (Wildman–Crippen MR) is 55.6 cm³/mol. The fraction of sp³-hybridized carbons (Fsp3) is 0.909. The molecule has 2 fully saturated rings. The minimum atomic E-state index is -0.249. The Kier molecular flexibility index (Phi) is 3.97. The average molecular weight is 213 g/mol. The molecule has 0 amide bonds. The molecule has 0 bridgehead atoms. The van der Waals surface area contributed by atoms with E-state index in [1.165, 1.54) is 19.3 Å². The van der Waals surface area contributed by atoms with Crippen molar-refractivity contribution in [3.8, 4) is 0 Å². The number of ether oxygens (including phenoxy) is 2. The van der Waals surface area contributed by atoms with Crippen molar-refractivity contribution in [1.29, 1.82) is 0 Å². The molecule has 86 valence electrons. The van der Waals surface area contributed by atoms with E-state index >= 15 is 0 Å². The van der Waals surface area contributed by atoms with E-state index in [2.05, 4.69) is 5.32 Å². The molecule has 0 aromatic heterocycles. The van der Waals surface area contributed by atoms with Crippen molar-refractivity contribution in [2.75, 3.05) is 19.8 Å². The molecule has 1 atom stereocenters. The summed E-state index contributed by atoms with van der Waals surface area (Å²) < 4.78 is 10.7. The minimum absolute atomic E-state index is 0.137. The molecule has 4 nitrogen and oxygen atoms in total. The molecule has 15 heavy (non-hydrogen) atoms. The summed E-state index contributed by atoms with van der Waals surface area (Å²) in [5.74, 6) is -0.137. The van der Waals surface area contributed by atoms with Gasteiger partial charge in [-0.05, 0) is 25.7 Å². The Morgan fingerprint density at radius 3 is 2.73 bits per heavy atom. The normalized spacial score (nSPS) is 28.7. The van der Waals surface area contributed by atoms with Gasteiger partial charge in [-0.25, -0.2) is 0 Å². The lowest BCUT2D eigenvalue weighted by Crippen LogP contribution is -2.48. The van der Waals surface area contributed by atoms with Gasteiger partial charge in [0.15, 0.2) is 0 Å². The lowest BCUT2D eigenvalue weighted by molar-refractivity contribution is -0.156. The molecule has 0 radical (unpaired) electrons. The Morgan fingerprint density at radius 2 is 2.07 bits per heavy atom. The second kappa shape index (κ2) is 5.47. The van der Waals surface area contributed by atoms with Gasteiger partial charge < -0.3 is 14.8 Å². The van der Waals surface area contributed by atoms with Crippen LogP contribution in [-0.2, 0) is 14.3 Å². The lowest BCUT2D eigenvalue weighted by atomic mass is 9.98. The Morgan fingerprint density at radius 1 is 1.27 bits per heavy atom. The van der Waals surface area contributed by atoms with E-state index < -0.39 is 0 Å². The second-order valence-electron chi connectivity index (χ2n) is 4.28. The SMILES string of the molecule is O=C(OC1CCCCC1)C1COCCN1. The highest BCUT2D eigenvalue weighted by Gasteiger charge is 2.26. The standard InChI is InChI=1S/C11H19NO3/c13-11(10-8-14-7-6-12-10)15-9-4-2-1-3-5-9/h9-10,12H,1-8H2. The molecule has 1 aliphatic carbocycles. The molecule has 4 heteroatoms. The summed E-state index contributed by atoms with van der Waals surface area (Å²) in [6, 6.07) is -0.249. The highest BCUT2D eigenvalue weighted by molar-refractivity contribution is 5.76. The first-order chi connectivity index (χ1) is 7.36. The molecule has 2 rings (SSSR count). The van der Waals surface area contributed by atoms with Crippen LogP contribution in [0.3, 0.4) is 0 Å². The first-order valence-electron chi connectivity index (χ1n) is 5.88. The summed E-state index contributed by atoms with van der Waals surface area (Å²) in [5, 5.41) is 3.11. The highest BCUT2D eigenvalue weighted by atomic mass is 16.5. The van der Waals surface area contributed by atoms with E-state index in [-0.39, 0.29) is 18.1 Å². The molecule has 0 spiro atoms. The first-order valence-corrected chi connectivity index (χ1v) is 5.88. The number of esters is 1. The average Bonchev–Trinajstić information content (AvgIpc) is 2.31. The van der Waals surface area contributed by atoms with Gasteiger partial charge in [0.05, 0.1) is 13.2 Å². The summed E-state index contributed by atoms with van der Waals surface area (Å²) in [7, 11) is 0. The molecule has 1 aliphatic heterocycles. The van der Waals surface area contributed by atoms with E-state index in [1.54, 1.807) is 0 Å². The van der Waals surface area contributed by atoms with Crippen LogP contribution in [0.2, 0.25) is 0 Å². The molecular weight excluding hydrogens is 194 g/mol. The van der Waals surface area contributed by atoms with Gasteiger partial charge in [0, 0.05) is 6.54 Å². The molecule has 1 unspecified atom stereocenters. The fourth-order valence-corrected chi connectivity index (χ4v) is 2.15. The molecule has 1 N–H and O–H groups in total. The Hall–Kier alpha value is -0.610. The van der Waals surface area contributed by atoms with Gasteiger partial charge in [-0.15, -0.1) is 0 Å². The van der Waals surface area contributed by atoms with Crippen LogP contribution >= 0.6 is 0 Å². The maximum absolute atomic E-state index is 11.7. The third-order valence-electron chi connectivity index (χ3n) is 3.04. The van der Waals surface area contributed by atoms with E-state index in [9.17, 15) is 4.79 Å². The number of nitrogens with one attached hydrogen (secondary N) is 1. The zero-order valence-corrected chi connectivity index (χ0v) is 9.04. The van der Waals surface area contributed by atoms with Gasteiger partial charge in [-0.1, -0.05) is 6.42 Å². The molecule has 1 saturated carbocycles. The molecule has 0 aromatic rings. The summed E-state index contributed by atoms with van der Waals surface area (Å²) in [6.45, 7) is 1.88. The molecule has 1 heterocycles. The van der Waals surface area contributed by atoms with Crippen LogP contribution in [-0.4, -0.2) is 37.9 Å². The first kappa shape index (κ1) is 10.9. The third-order valence-corrected chi connectivity index (χ3v) is 3.04. The maximum atomic E-state index is 11.7. The number of hydrogen-bond donors (Lipinski definition) is 1. The van der Waals surface area contributed by atoms with Gasteiger partial charge in [-0.3, -0.25) is 4.79 Å². The number of hydrogen-bond acceptors (Lipinski definition) is 4. The fourth-order valence-electron chi connectivity index (χ4n) is 2.15. The van der Waals surface area contributed by atoms with Crippen molar-refractivity contribution >= 4 is 5.97 Å². The Bertz CT molecular complexity index is 208. The predicted octanol–water partition coefficient (Wildman–Crippen LogP) is 0.851. The molecular formula is C11H19NO3. The second-order valence-corrected chi connectivity index (χ2v) is 4.28. The van der Waals surface area contributed by atoms with Crippen molar-refractivity contribution in [2.24, 2.45) is 0 Å². The van der Waals surface area contributed by atoms with Gasteiger partial charge >= 0.3 is 5.97 Å². The van der Waals surface area contributed by atoms with Crippen molar-refractivity contribution in [2.45, 2.75) is 44.2 Å². The van der Waals surface area contributed by atoms with E-state index in [4.69, 9.17) is 9.47 Å².